The summed E-state index contributed by atoms with van der Waals surface area (Å²) in [6.45, 7) is 6.37. The molecule has 1 fully saturated rings. The number of hydrogen-bond donors (Lipinski definition) is 1. The van der Waals surface area contributed by atoms with Crippen LogP contribution in [-0.2, 0) is 5.41 Å². The van der Waals surface area contributed by atoms with Gasteiger partial charge in [0, 0.05) is 22.0 Å². The van der Waals surface area contributed by atoms with Crippen LogP contribution in [0.2, 0.25) is 10.0 Å². The van der Waals surface area contributed by atoms with Gasteiger partial charge in [-0.25, -0.2) is 0 Å². The summed E-state index contributed by atoms with van der Waals surface area (Å²) < 4.78 is 0. The van der Waals surface area contributed by atoms with Crippen LogP contribution in [0.3, 0.4) is 0 Å². The third-order valence-electron chi connectivity index (χ3n) is 4.12. The van der Waals surface area contributed by atoms with Crippen molar-refractivity contribution in [3.63, 3.8) is 0 Å². The molecule has 2 unspecified atom stereocenters. The maximum Gasteiger partial charge on any atom is 0.0459 e. The molecular formula is C14H19Cl2N. The van der Waals surface area contributed by atoms with Gasteiger partial charge in [-0.2, -0.15) is 0 Å². The lowest BCUT2D eigenvalue weighted by Gasteiger charge is -2.49. The fraction of sp³-hybridized carbons (Fsp3) is 0.571. The van der Waals surface area contributed by atoms with Gasteiger partial charge in [0.05, 0.1) is 0 Å². The number of halogens is 2. The topological polar surface area (TPSA) is 12.0 Å². The van der Waals surface area contributed by atoms with Gasteiger partial charge in [-0.3, -0.25) is 0 Å². The van der Waals surface area contributed by atoms with Crippen LogP contribution in [0.4, 0.5) is 0 Å². The van der Waals surface area contributed by atoms with E-state index in [4.69, 9.17) is 23.2 Å². The quantitative estimate of drug-likeness (QED) is 0.863. The van der Waals surface area contributed by atoms with Gasteiger partial charge in [0.1, 0.15) is 0 Å². The zero-order valence-electron chi connectivity index (χ0n) is 10.4. The summed E-state index contributed by atoms with van der Waals surface area (Å²) in [5.74, 6) is 0.638. The lowest BCUT2D eigenvalue weighted by molar-refractivity contribution is 0.135. The molecule has 1 N–H and O–H groups in total. The summed E-state index contributed by atoms with van der Waals surface area (Å²) in [7, 11) is 0. The van der Waals surface area contributed by atoms with Crippen molar-refractivity contribution in [2.75, 3.05) is 13.1 Å². The molecule has 0 heterocycles. The van der Waals surface area contributed by atoms with Crippen molar-refractivity contribution in [3.8, 4) is 0 Å². The van der Waals surface area contributed by atoms with Crippen molar-refractivity contribution < 1.29 is 0 Å². The van der Waals surface area contributed by atoms with Crippen LogP contribution in [0.25, 0.3) is 0 Å². The molecule has 0 spiro atoms. The Balaban J connectivity index is 2.39. The summed E-state index contributed by atoms with van der Waals surface area (Å²) in [6, 6.07) is 5.81. The third-order valence-corrected chi connectivity index (χ3v) is 4.75. The second-order valence-electron chi connectivity index (χ2n) is 4.97. The molecule has 1 aromatic rings. The molecule has 1 nitrogen and oxygen atoms in total. The molecule has 0 bridgehead atoms. The van der Waals surface area contributed by atoms with Gasteiger partial charge < -0.3 is 5.32 Å². The van der Waals surface area contributed by atoms with Crippen LogP contribution in [0.15, 0.2) is 18.2 Å². The zero-order valence-corrected chi connectivity index (χ0v) is 11.9. The van der Waals surface area contributed by atoms with Crippen molar-refractivity contribution in [1.29, 1.82) is 0 Å². The second-order valence-corrected chi connectivity index (χ2v) is 5.79. The predicted octanol–water partition coefficient (Wildman–Crippen LogP) is 4.27. The molecular weight excluding hydrogens is 253 g/mol. The highest BCUT2D eigenvalue weighted by atomic mass is 35.5. The molecule has 0 saturated heterocycles. The molecule has 0 radical (unpaired) electrons. The Morgan fingerprint density at radius 2 is 2.00 bits per heavy atom. The zero-order chi connectivity index (χ0) is 12.5. The van der Waals surface area contributed by atoms with Crippen LogP contribution >= 0.6 is 23.2 Å². The number of hydrogen-bond acceptors (Lipinski definition) is 1. The van der Waals surface area contributed by atoms with Crippen LogP contribution < -0.4 is 5.32 Å². The average Bonchev–Trinajstić information content (AvgIpc) is 2.31. The SMILES string of the molecule is CCNCC1(c2c(Cl)cccc2Cl)CCC1C. The molecule has 3 heteroatoms. The Hall–Kier alpha value is -0.240. The van der Waals surface area contributed by atoms with Crippen LogP contribution in [0.1, 0.15) is 32.3 Å². The monoisotopic (exact) mass is 271 g/mol. The maximum atomic E-state index is 6.36. The van der Waals surface area contributed by atoms with Crippen molar-refractivity contribution in [1.82, 2.24) is 5.32 Å². The maximum absolute atomic E-state index is 6.36. The first-order valence-corrected chi connectivity index (χ1v) is 7.02. The fourth-order valence-electron chi connectivity index (χ4n) is 2.83. The van der Waals surface area contributed by atoms with E-state index in [1.165, 1.54) is 12.8 Å². The van der Waals surface area contributed by atoms with E-state index in [1.807, 2.05) is 18.2 Å². The normalized spacial score (nSPS) is 27.9. The number of rotatable bonds is 4. The van der Waals surface area contributed by atoms with E-state index >= 15 is 0 Å². The highest BCUT2D eigenvalue weighted by molar-refractivity contribution is 6.36. The third kappa shape index (κ3) is 2.21. The molecule has 2 rings (SSSR count). The first kappa shape index (κ1) is 13.2. The lowest BCUT2D eigenvalue weighted by Crippen LogP contribution is -2.50. The molecule has 2 atom stereocenters. The minimum atomic E-state index is 0.130. The molecule has 1 saturated carbocycles. The van der Waals surface area contributed by atoms with Gasteiger partial charge in [0.15, 0.2) is 0 Å². The van der Waals surface area contributed by atoms with Crippen LogP contribution in [0, 0.1) is 5.92 Å². The van der Waals surface area contributed by atoms with Crippen LogP contribution in [0.5, 0.6) is 0 Å². The van der Waals surface area contributed by atoms with Crippen LogP contribution in [-0.4, -0.2) is 13.1 Å². The Labute approximate surface area is 114 Å². The molecule has 0 aliphatic heterocycles. The highest BCUT2D eigenvalue weighted by Crippen LogP contribution is 2.52. The van der Waals surface area contributed by atoms with Gasteiger partial charge in [-0.15, -0.1) is 0 Å². The molecule has 94 valence electrons. The Bertz CT molecular complexity index is 385. The molecule has 1 aliphatic carbocycles. The van der Waals surface area contributed by atoms with Crippen molar-refractivity contribution in [3.05, 3.63) is 33.8 Å². The van der Waals surface area contributed by atoms with E-state index in [0.717, 1.165) is 28.7 Å². The van der Waals surface area contributed by atoms with E-state index < -0.39 is 0 Å². The predicted molar refractivity (Wildman–Crippen MR) is 75.1 cm³/mol. The van der Waals surface area contributed by atoms with E-state index in [2.05, 4.69) is 19.2 Å². The van der Waals surface area contributed by atoms with Gasteiger partial charge in [-0.05, 0) is 43.0 Å². The molecule has 1 aliphatic rings. The largest absolute Gasteiger partial charge is 0.316 e. The van der Waals surface area contributed by atoms with Gasteiger partial charge >= 0.3 is 0 Å². The Morgan fingerprint density at radius 1 is 1.35 bits per heavy atom. The average molecular weight is 272 g/mol. The van der Waals surface area contributed by atoms with Crippen molar-refractivity contribution in [2.24, 2.45) is 5.92 Å². The minimum absolute atomic E-state index is 0.130. The molecule has 0 amide bonds. The summed E-state index contributed by atoms with van der Waals surface area (Å²) >= 11 is 12.7. The summed E-state index contributed by atoms with van der Waals surface area (Å²) in [5.41, 5.74) is 1.27. The number of likely N-dealkylation sites (N-methyl/N-ethyl adjacent to an activating group) is 1. The first-order chi connectivity index (χ1) is 8.12. The summed E-state index contributed by atoms with van der Waals surface area (Å²) in [6.07, 6.45) is 2.43. The van der Waals surface area contributed by atoms with Crippen molar-refractivity contribution in [2.45, 2.75) is 32.1 Å². The number of nitrogens with one attached hydrogen (secondary N) is 1. The summed E-state index contributed by atoms with van der Waals surface area (Å²) in [4.78, 5) is 0. The van der Waals surface area contributed by atoms with E-state index in [0.29, 0.717) is 5.92 Å². The molecule has 17 heavy (non-hydrogen) atoms. The Kier molecular flexibility index (Phi) is 4.02. The van der Waals surface area contributed by atoms with Gasteiger partial charge in [-0.1, -0.05) is 43.1 Å². The molecule has 0 aromatic heterocycles. The summed E-state index contributed by atoms with van der Waals surface area (Å²) in [5, 5.41) is 5.07. The lowest BCUT2D eigenvalue weighted by atomic mass is 9.57. The van der Waals surface area contributed by atoms with E-state index in [-0.39, 0.29) is 5.41 Å². The van der Waals surface area contributed by atoms with E-state index in [1.54, 1.807) is 0 Å². The smallest absolute Gasteiger partial charge is 0.0459 e. The Morgan fingerprint density at radius 3 is 2.41 bits per heavy atom. The second kappa shape index (κ2) is 5.17. The minimum Gasteiger partial charge on any atom is -0.316 e. The van der Waals surface area contributed by atoms with Gasteiger partial charge in [0.2, 0.25) is 0 Å². The highest BCUT2D eigenvalue weighted by Gasteiger charge is 2.47. The molecule has 1 aromatic carbocycles. The van der Waals surface area contributed by atoms with Gasteiger partial charge in [0.25, 0.3) is 0 Å². The standard InChI is InChI=1S/C14H19Cl2N/c1-3-17-9-14(8-7-10(14)2)13-11(15)5-4-6-12(13)16/h4-6,10,17H,3,7-9H2,1-2H3. The van der Waals surface area contributed by atoms with Crippen molar-refractivity contribution >= 4 is 23.2 Å². The fourth-order valence-corrected chi connectivity index (χ4v) is 3.60. The first-order valence-electron chi connectivity index (χ1n) is 6.27. The van der Waals surface area contributed by atoms with E-state index in [9.17, 15) is 0 Å². The number of benzene rings is 1.